The molecule has 0 bridgehead atoms. The number of para-hydroxylation sites is 2. The monoisotopic (exact) mass is 280 g/mol. The smallest absolute Gasteiger partial charge is 0.303 e. The number of nitrogens with one attached hydrogen (secondary N) is 1. The number of nitrogens with zero attached hydrogens (tertiary/aromatic N) is 1. The molecule has 1 aromatic heterocycles. The second-order valence-corrected chi connectivity index (χ2v) is 4.95. The molecule has 4 nitrogen and oxygen atoms in total. The maximum atomic E-state index is 10.6. The molecule has 0 aliphatic carbocycles. The number of fused-ring (bicyclic) bond motifs is 2. The molecule has 3 aromatic rings. The minimum atomic E-state index is -0.763. The fourth-order valence-electron chi connectivity index (χ4n) is 2.48. The third-order valence-electron chi connectivity index (χ3n) is 3.46. The van der Waals surface area contributed by atoms with E-state index in [0.29, 0.717) is 13.0 Å². The normalized spacial score (nSPS) is 10.9. The standard InChI is InChI=1S/C17H16N2O2/c20-16(21)10-5-11-18-17-12-6-1-3-8-14(12)19-15-9-4-2-7-13(15)17/h1-4,6-9H,5,10-11H2,(H,18,19)(H,20,21). The summed E-state index contributed by atoms with van der Waals surface area (Å²) in [7, 11) is 0. The molecule has 0 aliphatic rings. The first-order valence-corrected chi connectivity index (χ1v) is 6.99. The number of hydrogen-bond acceptors (Lipinski definition) is 3. The summed E-state index contributed by atoms with van der Waals surface area (Å²) in [6, 6.07) is 16.0. The van der Waals surface area contributed by atoms with E-state index in [9.17, 15) is 4.79 Å². The predicted octanol–water partition coefficient (Wildman–Crippen LogP) is 3.66. The van der Waals surface area contributed by atoms with Gasteiger partial charge in [-0.2, -0.15) is 0 Å². The Morgan fingerprint density at radius 1 is 1.00 bits per heavy atom. The Kier molecular flexibility index (Phi) is 3.69. The van der Waals surface area contributed by atoms with E-state index in [4.69, 9.17) is 5.11 Å². The van der Waals surface area contributed by atoms with Gasteiger partial charge in [0.25, 0.3) is 0 Å². The van der Waals surface area contributed by atoms with Crippen molar-refractivity contribution in [3.63, 3.8) is 0 Å². The first-order chi connectivity index (χ1) is 10.3. The molecule has 21 heavy (non-hydrogen) atoms. The third kappa shape index (κ3) is 2.79. The Balaban J connectivity index is 2.01. The van der Waals surface area contributed by atoms with E-state index in [1.54, 1.807) is 0 Å². The minimum Gasteiger partial charge on any atom is -0.481 e. The van der Waals surface area contributed by atoms with Crippen LogP contribution in [0, 0.1) is 0 Å². The number of carboxylic acid groups (broad SMARTS) is 1. The van der Waals surface area contributed by atoms with Crippen LogP contribution in [0.3, 0.4) is 0 Å². The van der Waals surface area contributed by atoms with Crippen molar-refractivity contribution >= 4 is 33.5 Å². The zero-order valence-corrected chi connectivity index (χ0v) is 11.5. The predicted molar refractivity (Wildman–Crippen MR) is 84.6 cm³/mol. The summed E-state index contributed by atoms with van der Waals surface area (Å²) >= 11 is 0. The van der Waals surface area contributed by atoms with Crippen LogP contribution in [0.5, 0.6) is 0 Å². The van der Waals surface area contributed by atoms with Crippen molar-refractivity contribution in [1.29, 1.82) is 0 Å². The average molecular weight is 280 g/mol. The summed E-state index contributed by atoms with van der Waals surface area (Å²) in [6.45, 7) is 0.629. The van der Waals surface area contributed by atoms with Crippen molar-refractivity contribution in [2.45, 2.75) is 12.8 Å². The summed E-state index contributed by atoms with van der Waals surface area (Å²) in [5, 5.41) is 14.2. The molecule has 106 valence electrons. The van der Waals surface area contributed by atoms with E-state index in [1.807, 2.05) is 48.5 Å². The quantitative estimate of drug-likeness (QED) is 0.553. The van der Waals surface area contributed by atoms with Crippen LogP contribution in [0.4, 0.5) is 5.69 Å². The topological polar surface area (TPSA) is 62.2 Å². The Morgan fingerprint density at radius 2 is 1.57 bits per heavy atom. The van der Waals surface area contributed by atoms with Crippen molar-refractivity contribution in [2.75, 3.05) is 11.9 Å². The summed E-state index contributed by atoms with van der Waals surface area (Å²) in [4.78, 5) is 15.3. The van der Waals surface area contributed by atoms with E-state index in [0.717, 1.165) is 27.5 Å². The van der Waals surface area contributed by atoms with Crippen LogP contribution < -0.4 is 5.32 Å². The highest BCUT2D eigenvalue weighted by Gasteiger charge is 2.08. The summed E-state index contributed by atoms with van der Waals surface area (Å²) in [5.41, 5.74) is 2.91. The molecule has 0 unspecified atom stereocenters. The van der Waals surface area contributed by atoms with Gasteiger partial charge in [0.1, 0.15) is 0 Å². The molecule has 2 N–H and O–H groups in total. The lowest BCUT2D eigenvalue weighted by molar-refractivity contribution is -0.137. The highest BCUT2D eigenvalue weighted by molar-refractivity contribution is 6.07. The molecule has 0 saturated heterocycles. The van der Waals surface area contributed by atoms with Crippen LogP contribution in [-0.4, -0.2) is 22.6 Å². The Hall–Kier alpha value is -2.62. The van der Waals surface area contributed by atoms with Crippen molar-refractivity contribution < 1.29 is 9.90 Å². The van der Waals surface area contributed by atoms with Crippen molar-refractivity contribution in [2.24, 2.45) is 0 Å². The van der Waals surface area contributed by atoms with Gasteiger partial charge in [-0.3, -0.25) is 4.79 Å². The second-order valence-electron chi connectivity index (χ2n) is 4.95. The molecule has 4 heteroatoms. The highest BCUT2D eigenvalue weighted by Crippen LogP contribution is 2.30. The molecular weight excluding hydrogens is 264 g/mol. The Morgan fingerprint density at radius 3 is 2.14 bits per heavy atom. The van der Waals surface area contributed by atoms with E-state index < -0.39 is 5.97 Å². The Labute approximate surface area is 122 Å². The molecule has 0 saturated carbocycles. The lowest BCUT2D eigenvalue weighted by atomic mass is 10.1. The summed E-state index contributed by atoms with van der Waals surface area (Å²) in [6.07, 6.45) is 0.772. The number of hydrogen-bond donors (Lipinski definition) is 2. The van der Waals surface area contributed by atoms with Gasteiger partial charge in [-0.1, -0.05) is 36.4 Å². The van der Waals surface area contributed by atoms with Crippen LogP contribution in [0.2, 0.25) is 0 Å². The largest absolute Gasteiger partial charge is 0.481 e. The number of aromatic nitrogens is 1. The zero-order valence-electron chi connectivity index (χ0n) is 11.5. The fourth-order valence-corrected chi connectivity index (χ4v) is 2.48. The average Bonchev–Trinajstić information content (AvgIpc) is 2.50. The van der Waals surface area contributed by atoms with Crippen molar-refractivity contribution in [3.05, 3.63) is 48.5 Å². The van der Waals surface area contributed by atoms with Gasteiger partial charge in [-0.25, -0.2) is 4.98 Å². The maximum Gasteiger partial charge on any atom is 0.303 e. The third-order valence-corrected chi connectivity index (χ3v) is 3.46. The molecule has 0 fully saturated rings. The van der Waals surface area contributed by atoms with Gasteiger partial charge in [-0.05, 0) is 18.6 Å². The zero-order chi connectivity index (χ0) is 14.7. The lowest BCUT2D eigenvalue weighted by Gasteiger charge is -2.12. The summed E-state index contributed by atoms with van der Waals surface area (Å²) < 4.78 is 0. The lowest BCUT2D eigenvalue weighted by Crippen LogP contribution is -2.06. The number of rotatable bonds is 5. The van der Waals surface area contributed by atoms with Crippen molar-refractivity contribution in [3.8, 4) is 0 Å². The molecule has 0 aliphatic heterocycles. The van der Waals surface area contributed by atoms with Crippen molar-refractivity contribution in [1.82, 2.24) is 4.98 Å². The van der Waals surface area contributed by atoms with Gasteiger partial charge in [0.15, 0.2) is 0 Å². The van der Waals surface area contributed by atoms with E-state index in [2.05, 4.69) is 10.3 Å². The van der Waals surface area contributed by atoms with Gasteiger partial charge in [0.05, 0.1) is 16.7 Å². The second kappa shape index (κ2) is 5.79. The van der Waals surface area contributed by atoms with Crippen LogP contribution in [0.15, 0.2) is 48.5 Å². The molecule has 0 amide bonds. The minimum absolute atomic E-state index is 0.175. The molecule has 0 radical (unpaired) electrons. The van der Waals surface area contributed by atoms with Gasteiger partial charge in [0.2, 0.25) is 0 Å². The number of anilines is 1. The van der Waals surface area contributed by atoms with Gasteiger partial charge in [-0.15, -0.1) is 0 Å². The highest BCUT2D eigenvalue weighted by atomic mass is 16.4. The van der Waals surface area contributed by atoms with Crippen LogP contribution >= 0.6 is 0 Å². The number of carbonyl (C=O) groups is 1. The van der Waals surface area contributed by atoms with Crippen LogP contribution in [0.1, 0.15) is 12.8 Å². The molecular formula is C17H16N2O2. The van der Waals surface area contributed by atoms with Crippen LogP contribution in [0.25, 0.3) is 21.8 Å². The van der Waals surface area contributed by atoms with E-state index in [-0.39, 0.29) is 6.42 Å². The molecule has 0 atom stereocenters. The van der Waals surface area contributed by atoms with Gasteiger partial charge in [0, 0.05) is 23.7 Å². The number of carboxylic acids is 1. The van der Waals surface area contributed by atoms with E-state index in [1.165, 1.54) is 0 Å². The Bertz CT molecular complexity index is 745. The number of pyridine rings is 1. The maximum absolute atomic E-state index is 10.6. The van der Waals surface area contributed by atoms with E-state index >= 15 is 0 Å². The fraction of sp³-hybridized carbons (Fsp3) is 0.176. The molecule has 1 heterocycles. The number of aliphatic carboxylic acids is 1. The summed E-state index contributed by atoms with van der Waals surface area (Å²) in [5.74, 6) is -0.763. The van der Waals surface area contributed by atoms with Gasteiger partial charge < -0.3 is 10.4 Å². The first-order valence-electron chi connectivity index (χ1n) is 6.99. The molecule has 2 aromatic carbocycles. The first kappa shape index (κ1) is 13.4. The van der Waals surface area contributed by atoms with Crippen LogP contribution in [-0.2, 0) is 4.79 Å². The SMILES string of the molecule is O=C(O)CCCNc1c2ccccc2nc2ccccc12. The molecule has 3 rings (SSSR count). The number of benzene rings is 2. The molecule has 0 spiro atoms. The van der Waals surface area contributed by atoms with Gasteiger partial charge >= 0.3 is 5.97 Å².